The van der Waals surface area contributed by atoms with E-state index in [1.807, 2.05) is 0 Å². The van der Waals surface area contributed by atoms with Crippen molar-refractivity contribution in [1.29, 1.82) is 0 Å². The molecule has 4 aliphatic carbocycles. The van der Waals surface area contributed by atoms with Gasteiger partial charge in [-0.1, -0.05) is 50.0 Å². The van der Waals surface area contributed by atoms with Crippen LogP contribution in [0.15, 0.2) is 23.8 Å². The predicted molar refractivity (Wildman–Crippen MR) is 95.3 cm³/mol. The Balaban J connectivity index is 0.000000157. The van der Waals surface area contributed by atoms with Crippen LogP contribution in [0.25, 0.3) is 0 Å². The van der Waals surface area contributed by atoms with Crippen molar-refractivity contribution in [2.24, 2.45) is 35.5 Å². The second kappa shape index (κ2) is 7.08. The molecule has 0 amide bonds. The lowest BCUT2D eigenvalue weighted by Crippen LogP contribution is -2.26. The minimum Gasteiger partial charge on any atom is -0.120 e. The molecule has 0 spiro atoms. The van der Waals surface area contributed by atoms with Crippen LogP contribution in [0.5, 0.6) is 0 Å². The number of hydrogen-bond donors (Lipinski definition) is 0. The van der Waals surface area contributed by atoms with E-state index < -0.39 is 0 Å². The molecule has 0 nitrogen and oxygen atoms in total. The van der Waals surface area contributed by atoms with Gasteiger partial charge in [0.25, 0.3) is 0 Å². The summed E-state index contributed by atoms with van der Waals surface area (Å²) >= 11 is 0. The van der Waals surface area contributed by atoms with Gasteiger partial charge in [0.2, 0.25) is 0 Å². The molecule has 0 N–H and O–H groups in total. The first-order chi connectivity index (χ1) is 10.8. The van der Waals surface area contributed by atoms with Crippen LogP contribution < -0.4 is 0 Å². The van der Waals surface area contributed by atoms with Crippen LogP contribution in [0.3, 0.4) is 0 Å². The van der Waals surface area contributed by atoms with Gasteiger partial charge in [-0.3, -0.25) is 0 Å². The Morgan fingerprint density at radius 1 is 1.14 bits per heavy atom. The molecule has 4 aliphatic rings. The molecule has 22 heavy (non-hydrogen) atoms. The molecule has 0 aromatic heterocycles. The van der Waals surface area contributed by atoms with Crippen LogP contribution >= 0.6 is 0 Å². The fraction of sp³-hybridized carbons (Fsp3) is 0.727. The van der Waals surface area contributed by atoms with E-state index in [0.717, 1.165) is 41.9 Å². The van der Waals surface area contributed by atoms with Crippen LogP contribution in [0.4, 0.5) is 0 Å². The number of rotatable bonds is 4. The summed E-state index contributed by atoms with van der Waals surface area (Å²) in [4.78, 5) is 0. The minimum atomic E-state index is 0.958. The summed E-state index contributed by atoms with van der Waals surface area (Å²) in [5, 5.41) is 0. The van der Waals surface area contributed by atoms with E-state index in [2.05, 4.69) is 38.0 Å². The van der Waals surface area contributed by atoms with Crippen molar-refractivity contribution in [1.82, 2.24) is 0 Å². The van der Waals surface area contributed by atoms with Crippen LogP contribution in [-0.2, 0) is 0 Å². The van der Waals surface area contributed by atoms with Gasteiger partial charge in [0.15, 0.2) is 0 Å². The number of unbranched alkanes of at least 4 members (excludes halogenated alkanes) is 4. The predicted octanol–water partition coefficient (Wildman–Crippen LogP) is 6.00. The van der Waals surface area contributed by atoms with Crippen molar-refractivity contribution < 1.29 is 0 Å². The van der Waals surface area contributed by atoms with Crippen LogP contribution in [0.1, 0.15) is 65.2 Å². The molecule has 3 fully saturated rings. The molecule has 0 radical (unpaired) electrons. The quantitative estimate of drug-likeness (QED) is 0.258. The standard InChI is InChI=1S/C14H18.C8H14/c1-2-8-5-11-7-12(8)14-10-4-3-9(6-10)13(11)14;1-3-5-7-8-6-4-2/h2-4,9-14H,5-7H2,1H3;1H,4-8H2,2H3/b8-2+;. The normalized spacial score (nSPS) is 41.4. The number of hydrogen-bond acceptors (Lipinski definition) is 0. The SMILES string of the molecule is C#CCCCCCC.C/C=C1\CC2CC1C1C3C=CC(C3)C21. The van der Waals surface area contributed by atoms with Crippen LogP contribution in [-0.4, -0.2) is 0 Å². The second-order valence-corrected chi connectivity index (χ2v) is 7.79. The van der Waals surface area contributed by atoms with Crippen molar-refractivity contribution in [3.63, 3.8) is 0 Å². The lowest BCUT2D eigenvalue weighted by atomic mass is 9.71. The van der Waals surface area contributed by atoms with Gasteiger partial charge in [0, 0.05) is 6.42 Å². The summed E-state index contributed by atoms with van der Waals surface area (Å²) in [7, 11) is 0. The summed E-state index contributed by atoms with van der Waals surface area (Å²) in [6.07, 6.45) is 23.1. The van der Waals surface area contributed by atoms with E-state index in [4.69, 9.17) is 6.42 Å². The lowest BCUT2D eigenvalue weighted by molar-refractivity contribution is 0.243. The molecule has 0 heterocycles. The largest absolute Gasteiger partial charge is 0.120 e. The van der Waals surface area contributed by atoms with E-state index in [1.165, 1.54) is 44.9 Å². The fourth-order valence-electron chi connectivity index (χ4n) is 5.83. The van der Waals surface area contributed by atoms with Crippen molar-refractivity contribution in [3.05, 3.63) is 23.8 Å². The van der Waals surface area contributed by atoms with Crippen molar-refractivity contribution in [3.8, 4) is 12.3 Å². The fourth-order valence-corrected chi connectivity index (χ4v) is 5.83. The maximum atomic E-state index is 5.06. The highest BCUT2D eigenvalue weighted by molar-refractivity contribution is 5.28. The van der Waals surface area contributed by atoms with Crippen molar-refractivity contribution in [2.75, 3.05) is 0 Å². The van der Waals surface area contributed by atoms with E-state index >= 15 is 0 Å². The Morgan fingerprint density at radius 3 is 2.59 bits per heavy atom. The Hall–Kier alpha value is -0.960. The van der Waals surface area contributed by atoms with Gasteiger partial charge < -0.3 is 0 Å². The molecule has 6 atom stereocenters. The Morgan fingerprint density at radius 2 is 1.91 bits per heavy atom. The first kappa shape index (κ1) is 15.9. The van der Waals surface area contributed by atoms with E-state index in [1.54, 1.807) is 5.57 Å². The zero-order chi connectivity index (χ0) is 15.5. The highest BCUT2D eigenvalue weighted by atomic mass is 14.6. The van der Waals surface area contributed by atoms with Gasteiger partial charge in [0.1, 0.15) is 0 Å². The van der Waals surface area contributed by atoms with E-state index in [9.17, 15) is 0 Å². The highest BCUT2D eigenvalue weighted by Crippen LogP contribution is 2.66. The van der Waals surface area contributed by atoms with Crippen LogP contribution in [0.2, 0.25) is 0 Å². The average Bonchev–Trinajstić information content (AvgIpc) is 3.30. The average molecular weight is 296 g/mol. The summed E-state index contributed by atoms with van der Waals surface area (Å²) in [5.74, 6) is 8.80. The zero-order valence-corrected chi connectivity index (χ0v) is 14.4. The Labute approximate surface area is 137 Å². The monoisotopic (exact) mass is 296 g/mol. The smallest absolute Gasteiger partial charge is 0.00860 e. The van der Waals surface area contributed by atoms with Gasteiger partial charge in [-0.05, 0) is 68.1 Å². The van der Waals surface area contributed by atoms with Gasteiger partial charge in [-0.25, -0.2) is 0 Å². The van der Waals surface area contributed by atoms with Gasteiger partial charge in [-0.15, -0.1) is 12.3 Å². The Bertz CT molecular complexity index is 475. The van der Waals surface area contributed by atoms with Crippen molar-refractivity contribution >= 4 is 0 Å². The molecule has 0 aromatic rings. The molecule has 3 saturated carbocycles. The summed E-state index contributed by atoms with van der Waals surface area (Å²) in [5.41, 5.74) is 1.80. The third-order valence-electron chi connectivity index (χ3n) is 6.67. The van der Waals surface area contributed by atoms with Crippen molar-refractivity contribution in [2.45, 2.75) is 65.2 Å². The highest BCUT2D eigenvalue weighted by Gasteiger charge is 2.59. The van der Waals surface area contributed by atoms with E-state index in [-0.39, 0.29) is 0 Å². The van der Waals surface area contributed by atoms with Crippen LogP contribution in [0, 0.1) is 47.9 Å². The number of allylic oxidation sites excluding steroid dienone is 4. The summed E-state index contributed by atoms with van der Waals surface area (Å²) in [6.45, 7) is 4.45. The minimum absolute atomic E-state index is 0.958. The molecule has 120 valence electrons. The molecule has 0 saturated heterocycles. The third kappa shape index (κ3) is 2.80. The molecule has 0 aliphatic heterocycles. The maximum absolute atomic E-state index is 5.06. The molecule has 6 unspecified atom stereocenters. The molecule has 0 aromatic carbocycles. The van der Waals surface area contributed by atoms with Gasteiger partial charge in [0.05, 0.1) is 0 Å². The first-order valence-electron chi connectivity index (χ1n) is 9.57. The second-order valence-electron chi connectivity index (χ2n) is 7.79. The molecule has 4 bridgehead atoms. The molecule has 4 rings (SSSR count). The van der Waals surface area contributed by atoms with E-state index in [0.29, 0.717) is 0 Å². The topological polar surface area (TPSA) is 0 Å². The maximum Gasteiger partial charge on any atom is 0.00860 e. The first-order valence-corrected chi connectivity index (χ1v) is 9.57. The number of terminal acetylenes is 1. The summed E-state index contributed by atoms with van der Waals surface area (Å²) < 4.78 is 0. The third-order valence-corrected chi connectivity index (χ3v) is 6.67. The zero-order valence-electron chi connectivity index (χ0n) is 14.4. The Kier molecular flexibility index (Phi) is 5.12. The number of fused-ring (bicyclic) bond motifs is 9. The summed E-state index contributed by atoms with van der Waals surface area (Å²) in [6, 6.07) is 0. The van der Waals surface area contributed by atoms with Gasteiger partial charge in [-0.2, -0.15) is 0 Å². The van der Waals surface area contributed by atoms with Gasteiger partial charge >= 0.3 is 0 Å². The lowest BCUT2D eigenvalue weighted by Gasteiger charge is -2.33. The molecule has 0 heteroatoms. The molecular weight excluding hydrogens is 264 g/mol. The molecular formula is C22H32.